The minimum Gasteiger partial charge on any atom is -0.477 e. The van der Waals surface area contributed by atoms with E-state index < -0.39 is 5.97 Å². The number of hydrogen-bond donors (Lipinski definition) is 2. The number of hydrogen-bond acceptors (Lipinski definition) is 2. The summed E-state index contributed by atoms with van der Waals surface area (Å²) >= 11 is 6.62. The Morgan fingerprint density at radius 2 is 2.00 bits per heavy atom. The molecule has 0 aliphatic carbocycles. The topological polar surface area (TPSA) is 63.3 Å². The van der Waals surface area contributed by atoms with Crippen LogP contribution in [0.3, 0.4) is 0 Å². The first-order chi connectivity index (χ1) is 6.50. The van der Waals surface area contributed by atoms with Crippen LogP contribution in [0.4, 0.5) is 0 Å². The van der Waals surface area contributed by atoms with E-state index in [2.05, 4.69) is 31.9 Å². The highest BCUT2D eigenvalue weighted by molar-refractivity contribution is 9.13. The zero-order valence-corrected chi connectivity index (χ0v) is 10.2. The maximum atomic E-state index is 10.4. The fourth-order valence-corrected chi connectivity index (χ4v) is 1.49. The van der Waals surface area contributed by atoms with Gasteiger partial charge in [0.05, 0.1) is 0 Å². The quantitative estimate of drug-likeness (QED) is 0.823. The normalized spacial score (nSPS) is 11.4. The van der Waals surface area contributed by atoms with Crippen molar-refractivity contribution in [3.05, 3.63) is 38.4 Å². The number of benzene rings is 1. The smallest absolute Gasteiger partial charge is 0.351 e. The van der Waals surface area contributed by atoms with E-state index in [-0.39, 0.29) is 5.70 Å². The summed E-state index contributed by atoms with van der Waals surface area (Å²) in [7, 11) is 0. The molecule has 3 N–H and O–H groups in total. The molecule has 1 aromatic carbocycles. The third kappa shape index (κ3) is 2.85. The largest absolute Gasteiger partial charge is 0.477 e. The Kier molecular flexibility index (Phi) is 3.71. The van der Waals surface area contributed by atoms with Crippen LogP contribution < -0.4 is 5.73 Å². The van der Waals surface area contributed by atoms with E-state index in [1.807, 2.05) is 6.07 Å². The summed E-state index contributed by atoms with van der Waals surface area (Å²) in [4.78, 5) is 10.4. The molecule has 0 saturated heterocycles. The SMILES string of the molecule is NC(=Cc1ccc(Br)c(Br)c1)C(=O)O. The number of carbonyl (C=O) groups is 1. The van der Waals surface area contributed by atoms with Crippen LogP contribution in [0.2, 0.25) is 0 Å². The van der Waals surface area contributed by atoms with Crippen LogP contribution in [-0.4, -0.2) is 11.1 Å². The van der Waals surface area contributed by atoms with Crippen LogP contribution in [-0.2, 0) is 4.79 Å². The van der Waals surface area contributed by atoms with E-state index in [4.69, 9.17) is 10.8 Å². The van der Waals surface area contributed by atoms with Crippen LogP contribution in [0.5, 0.6) is 0 Å². The number of nitrogens with two attached hydrogens (primary N) is 1. The molecule has 0 aromatic heterocycles. The summed E-state index contributed by atoms with van der Waals surface area (Å²) in [6.07, 6.45) is 1.40. The third-order valence-electron chi connectivity index (χ3n) is 1.51. The van der Waals surface area contributed by atoms with E-state index in [1.54, 1.807) is 12.1 Å². The summed E-state index contributed by atoms with van der Waals surface area (Å²) in [5.41, 5.74) is 5.83. The van der Waals surface area contributed by atoms with Gasteiger partial charge in [0, 0.05) is 8.95 Å². The summed E-state index contributed by atoms with van der Waals surface area (Å²) in [5.74, 6) is -1.12. The molecule has 0 aliphatic heterocycles. The first-order valence-corrected chi connectivity index (χ1v) is 5.25. The van der Waals surface area contributed by atoms with Crippen LogP contribution in [0, 0.1) is 0 Å². The number of halogens is 2. The van der Waals surface area contributed by atoms with Gasteiger partial charge in [0.25, 0.3) is 0 Å². The van der Waals surface area contributed by atoms with Gasteiger partial charge in [-0.15, -0.1) is 0 Å². The number of carboxylic acid groups (broad SMARTS) is 1. The van der Waals surface area contributed by atoms with Crippen molar-refractivity contribution >= 4 is 43.9 Å². The van der Waals surface area contributed by atoms with E-state index in [0.717, 1.165) is 14.5 Å². The highest BCUT2D eigenvalue weighted by Crippen LogP contribution is 2.24. The first-order valence-electron chi connectivity index (χ1n) is 3.66. The first kappa shape index (κ1) is 11.3. The van der Waals surface area contributed by atoms with Gasteiger partial charge < -0.3 is 10.8 Å². The van der Waals surface area contributed by atoms with Crippen molar-refractivity contribution in [1.29, 1.82) is 0 Å². The lowest BCUT2D eigenvalue weighted by molar-refractivity contribution is -0.132. The predicted molar refractivity (Wildman–Crippen MR) is 61.6 cm³/mol. The Bertz CT molecular complexity index is 402. The van der Waals surface area contributed by atoms with E-state index in [1.165, 1.54) is 6.08 Å². The molecule has 0 spiro atoms. The van der Waals surface area contributed by atoms with Gasteiger partial charge in [-0.3, -0.25) is 0 Å². The molecule has 0 bridgehead atoms. The summed E-state index contributed by atoms with van der Waals surface area (Å²) < 4.78 is 1.76. The fraction of sp³-hybridized carbons (Fsp3) is 0. The van der Waals surface area contributed by atoms with Crippen molar-refractivity contribution in [2.24, 2.45) is 5.73 Å². The van der Waals surface area contributed by atoms with E-state index >= 15 is 0 Å². The standard InChI is InChI=1S/C9H7Br2NO2/c10-6-2-1-5(3-7(6)11)4-8(12)9(13)14/h1-4H,12H2,(H,13,14). The molecular weight excluding hydrogens is 314 g/mol. The van der Waals surface area contributed by atoms with E-state index in [0.29, 0.717) is 0 Å². The number of carboxylic acids is 1. The number of aliphatic carboxylic acids is 1. The minimum atomic E-state index is -1.12. The van der Waals surface area contributed by atoms with Gasteiger partial charge >= 0.3 is 5.97 Å². The van der Waals surface area contributed by atoms with Crippen molar-refractivity contribution < 1.29 is 9.90 Å². The molecule has 0 amide bonds. The van der Waals surface area contributed by atoms with Gasteiger partial charge in [0.2, 0.25) is 0 Å². The Morgan fingerprint density at radius 3 is 2.50 bits per heavy atom. The van der Waals surface area contributed by atoms with Crippen LogP contribution in [0.25, 0.3) is 6.08 Å². The summed E-state index contributed by atoms with van der Waals surface area (Å²) in [5, 5.41) is 8.55. The Hall–Kier alpha value is -0.810. The second kappa shape index (κ2) is 4.61. The average molecular weight is 321 g/mol. The third-order valence-corrected chi connectivity index (χ3v) is 3.39. The highest BCUT2D eigenvalue weighted by Gasteiger charge is 2.02. The maximum absolute atomic E-state index is 10.4. The van der Waals surface area contributed by atoms with Crippen molar-refractivity contribution in [3.8, 4) is 0 Å². The monoisotopic (exact) mass is 319 g/mol. The average Bonchev–Trinajstić information content (AvgIpc) is 2.11. The lowest BCUT2D eigenvalue weighted by Gasteiger charge is -1.99. The molecule has 5 heteroatoms. The molecule has 3 nitrogen and oxygen atoms in total. The van der Waals surface area contributed by atoms with Gasteiger partial charge in [0.1, 0.15) is 5.70 Å². The van der Waals surface area contributed by atoms with Gasteiger partial charge in [-0.2, -0.15) is 0 Å². The Balaban J connectivity index is 3.04. The molecule has 0 heterocycles. The van der Waals surface area contributed by atoms with Crippen LogP contribution in [0.1, 0.15) is 5.56 Å². The van der Waals surface area contributed by atoms with Gasteiger partial charge in [-0.25, -0.2) is 4.79 Å². The second-order valence-electron chi connectivity index (χ2n) is 2.58. The van der Waals surface area contributed by atoms with Gasteiger partial charge in [0.15, 0.2) is 0 Å². The molecule has 0 atom stereocenters. The predicted octanol–water partition coefficient (Wildman–Crippen LogP) is 2.60. The zero-order valence-electron chi connectivity index (χ0n) is 7.00. The van der Waals surface area contributed by atoms with Crippen molar-refractivity contribution in [2.45, 2.75) is 0 Å². The van der Waals surface area contributed by atoms with E-state index in [9.17, 15) is 4.79 Å². The van der Waals surface area contributed by atoms with Crippen LogP contribution in [0.15, 0.2) is 32.8 Å². The van der Waals surface area contributed by atoms with Crippen LogP contribution >= 0.6 is 31.9 Å². The molecule has 0 fully saturated rings. The molecule has 1 aromatic rings. The Labute approximate surface area is 97.9 Å². The molecule has 0 aliphatic rings. The zero-order chi connectivity index (χ0) is 10.7. The summed E-state index contributed by atoms with van der Waals surface area (Å²) in [6, 6.07) is 5.36. The van der Waals surface area contributed by atoms with Crippen molar-refractivity contribution in [1.82, 2.24) is 0 Å². The second-order valence-corrected chi connectivity index (χ2v) is 4.29. The minimum absolute atomic E-state index is 0.181. The molecule has 0 radical (unpaired) electrons. The van der Waals surface area contributed by atoms with Gasteiger partial charge in [-0.05, 0) is 55.6 Å². The van der Waals surface area contributed by atoms with Crippen molar-refractivity contribution in [2.75, 3.05) is 0 Å². The molecule has 14 heavy (non-hydrogen) atoms. The number of rotatable bonds is 2. The Morgan fingerprint density at radius 1 is 1.36 bits per heavy atom. The highest BCUT2D eigenvalue weighted by atomic mass is 79.9. The molecule has 74 valence electrons. The molecule has 1 rings (SSSR count). The summed E-state index contributed by atoms with van der Waals surface area (Å²) in [6.45, 7) is 0. The van der Waals surface area contributed by atoms with Gasteiger partial charge in [-0.1, -0.05) is 6.07 Å². The lowest BCUT2D eigenvalue weighted by atomic mass is 10.2. The molecule has 0 saturated carbocycles. The molecule has 0 unspecified atom stereocenters. The maximum Gasteiger partial charge on any atom is 0.351 e. The molecular formula is C9H7Br2NO2. The lowest BCUT2D eigenvalue weighted by Crippen LogP contribution is -2.09. The fourth-order valence-electron chi connectivity index (χ4n) is 0.843. The van der Waals surface area contributed by atoms with Crippen molar-refractivity contribution in [3.63, 3.8) is 0 Å².